The second kappa shape index (κ2) is 7.56. The first-order chi connectivity index (χ1) is 13.7. The van der Waals surface area contributed by atoms with Crippen LogP contribution in [0.1, 0.15) is 11.3 Å². The standard InChI is InChI=1S/C23H20N2O3/c1-27-21-13-12-16(15-22(21)28-2)14-20-18-10-6-7-11-19(18)23(26)25(24-20)17-8-4-3-5-9-17/h3-13,15H,14H2,1-2H3. The highest BCUT2D eigenvalue weighted by atomic mass is 16.5. The Morgan fingerprint density at radius 2 is 1.50 bits per heavy atom. The molecule has 0 aliphatic rings. The SMILES string of the molecule is COc1ccc(Cc2nn(-c3ccccc3)c(=O)c3ccccc23)cc1OC. The van der Waals surface area contributed by atoms with Crippen molar-refractivity contribution < 1.29 is 9.47 Å². The monoisotopic (exact) mass is 372 g/mol. The molecular weight excluding hydrogens is 352 g/mol. The summed E-state index contributed by atoms with van der Waals surface area (Å²) in [4.78, 5) is 13.0. The van der Waals surface area contributed by atoms with Crippen molar-refractivity contribution in [2.75, 3.05) is 14.2 Å². The summed E-state index contributed by atoms with van der Waals surface area (Å²) in [6.07, 6.45) is 0.563. The molecule has 140 valence electrons. The highest BCUT2D eigenvalue weighted by molar-refractivity contribution is 5.84. The molecule has 3 aromatic carbocycles. The van der Waals surface area contributed by atoms with Gasteiger partial charge in [0.05, 0.1) is 31.0 Å². The highest BCUT2D eigenvalue weighted by Crippen LogP contribution is 2.29. The Labute approximate surface area is 162 Å². The summed E-state index contributed by atoms with van der Waals surface area (Å²) in [7, 11) is 3.23. The maximum atomic E-state index is 13.0. The van der Waals surface area contributed by atoms with Crippen LogP contribution in [0.4, 0.5) is 0 Å². The molecule has 0 saturated carbocycles. The Balaban J connectivity index is 1.87. The van der Waals surface area contributed by atoms with Crippen LogP contribution in [0, 0.1) is 0 Å². The molecule has 4 aromatic rings. The molecule has 1 aromatic heterocycles. The van der Waals surface area contributed by atoms with E-state index in [-0.39, 0.29) is 5.56 Å². The molecule has 0 aliphatic heterocycles. The van der Waals surface area contributed by atoms with Crippen molar-refractivity contribution in [2.45, 2.75) is 6.42 Å². The molecule has 0 radical (unpaired) electrons. The highest BCUT2D eigenvalue weighted by Gasteiger charge is 2.13. The van der Waals surface area contributed by atoms with Gasteiger partial charge in [0.2, 0.25) is 0 Å². The molecule has 5 nitrogen and oxygen atoms in total. The number of benzene rings is 3. The molecule has 4 rings (SSSR count). The van der Waals surface area contributed by atoms with Gasteiger partial charge in [-0.1, -0.05) is 42.5 Å². The van der Waals surface area contributed by atoms with Crippen LogP contribution in [0.15, 0.2) is 77.6 Å². The molecule has 1 heterocycles. The summed E-state index contributed by atoms with van der Waals surface area (Å²) in [5.41, 5.74) is 2.46. The lowest BCUT2D eigenvalue weighted by Gasteiger charge is -2.13. The van der Waals surface area contributed by atoms with E-state index in [0.29, 0.717) is 23.3 Å². The van der Waals surface area contributed by atoms with Crippen LogP contribution in [-0.4, -0.2) is 24.0 Å². The van der Waals surface area contributed by atoms with Crippen molar-refractivity contribution in [2.24, 2.45) is 0 Å². The van der Waals surface area contributed by atoms with Gasteiger partial charge in [-0.05, 0) is 35.9 Å². The van der Waals surface area contributed by atoms with Crippen molar-refractivity contribution in [3.05, 3.63) is 94.4 Å². The molecule has 0 fully saturated rings. The fourth-order valence-electron chi connectivity index (χ4n) is 3.31. The van der Waals surface area contributed by atoms with E-state index in [1.165, 1.54) is 4.68 Å². The van der Waals surface area contributed by atoms with Crippen LogP contribution >= 0.6 is 0 Å². The first-order valence-corrected chi connectivity index (χ1v) is 8.98. The molecular formula is C23H20N2O3. The van der Waals surface area contributed by atoms with Gasteiger partial charge < -0.3 is 9.47 Å². The molecule has 0 unspecified atom stereocenters. The zero-order chi connectivity index (χ0) is 19.5. The van der Waals surface area contributed by atoms with Gasteiger partial charge >= 0.3 is 0 Å². The van der Waals surface area contributed by atoms with E-state index in [1.807, 2.05) is 72.8 Å². The quantitative estimate of drug-likeness (QED) is 0.531. The van der Waals surface area contributed by atoms with Gasteiger partial charge in [-0.25, -0.2) is 0 Å². The Bertz CT molecular complexity index is 1180. The lowest BCUT2D eigenvalue weighted by atomic mass is 10.0. The van der Waals surface area contributed by atoms with Gasteiger partial charge in [0.15, 0.2) is 11.5 Å². The zero-order valence-electron chi connectivity index (χ0n) is 15.8. The summed E-state index contributed by atoms with van der Waals surface area (Å²) in [5, 5.41) is 6.20. The van der Waals surface area contributed by atoms with E-state index in [0.717, 1.165) is 22.3 Å². The normalized spacial score (nSPS) is 10.8. The predicted molar refractivity (Wildman–Crippen MR) is 110 cm³/mol. The third-order valence-electron chi connectivity index (χ3n) is 4.70. The number of para-hydroxylation sites is 1. The Kier molecular flexibility index (Phi) is 4.81. The molecule has 0 aliphatic carbocycles. The maximum absolute atomic E-state index is 13.0. The fourth-order valence-corrected chi connectivity index (χ4v) is 3.31. The van der Waals surface area contributed by atoms with Crippen LogP contribution in [-0.2, 0) is 6.42 Å². The van der Waals surface area contributed by atoms with Crippen LogP contribution < -0.4 is 15.0 Å². The Morgan fingerprint density at radius 1 is 0.821 bits per heavy atom. The largest absolute Gasteiger partial charge is 0.493 e. The molecule has 0 N–H and O–H groups in total. The fraction of sp³-hybridized carbons (Fsp3) is 0.130. The second-order valence-corrected chi connectivity index (χ2v) is 6.41. The molecule has 0 atom stereocenters. The van der Waals surface area contributed by atoms with Gasteiger partial charge in [0.1, 0.15) is 0 Å². The first kappa shape index (κ1) is 17.8. The number of methoxy groups -OCH3 is 2. The summed E-state index contributed by atoms with van der Waals surface area (Å²) < 4.78 is 12.2. The summed E-state index contributed by atoms with van der Waals surface area (Å²) in [6.45, 7) is 0. The van der Waals surface area contributed by atoms with Crippen LogP contribution in [0.5, 0.6) is 11.5 Å². The van der Waals surface area contributed by atoms with E-state index >= 15 is 0 Å². The third kappa shape index (κ3) is 3.22. The molecule has 0 spiro atoms. The number of hydrogen-bond donors (Lipinski definition) is 0. The van der Waals surface area contributed by atoms with Crippen molar-refractivity contribution in [3.8, 4) is 17.2 Å². The summed E-state index contributed by atoms with van der Waals surface area (Å²) in [5.74, 6) is 1.35. The van der Waals surface area contributed by atoms with E-state index in [2.05, 4.69) is 0 Å². The van der Waals surface area contributed by atoms with Crippen LogP contribution in [0.3, 0.4) is 0 Å². The molecule has 5 heteroatoms. The van der Waals surface area contributed by atoms with Gasteiger partial charge in [0, 0.05) is 11.8 Å². The minimum Gasteiger partial charge on any atom is -0.493 e. The summed E-state index contributed by atoms with van der Waals surface area (Å²) in [6, 6.07) is 22.8. The van der Waals surface area contributed by atoms with Crippen LogP contribution in [0.2, 0.25) is 0 Å². The molecule has 0 amide bonds. The zero-order valence-corrected chi connectivity index (χ0v) is 15.8. The van der Waals surface area contributed by atoms with Gasteiger partial charge in [0.25, 0.3) is 5.56 Å². The number of nitrogens with zero attached hydrogens (tertiary/aromatic N) is 2. The van der Waals surface area contributed by atoms with Gasteiger partial charge in [-0.15, -0.1) is 0 Å². The lowest BCUT2D eigenvalue weighted by molar-refractivity contribution is 0.354. The smallest absolute Gasteiger partial charge is 0.279 e. The van der Waals surface area contributed by atoms with E-state index in [4.69, 9.17) is 14.6 Å². The van der Waals surface area contributed by atoms with Gasteiger partial charge in [-0.3, -0.25) is 4.79 Å². The number of fused-ring (bicyclic) bond motifs is 1. The van der Waals surface area contributed by atoms with Crippen molar-refractivity contribution in [1.29, 1.82) is 0 Å². The molecule has 28 heavy (non-hydrogen) atoms. The predicted octanol–water partition coefficient (Wildman–Crippen LogP) is 3.99. The van der Waals surface area contributed by atoms with E-state index in [1.54, 1.807) is 14.2 Å². The van der Waals surface area contributed by atoms with Crippen molar-refractivity contribution >= 4 is 10.8 Å². The number of hydrogen-bond acceptors (Lipinski definition) is 4. The molecule has 0 bridgehead atoms. The Hall–Kier alpha value is -3.60. The van der Waals surface area contributed by atoms with Crippen molar-refractivity contribution in [3.63, 3.8) is 0 Å². The minimum absolute atomic E-state index is 0.127. The number of rotatable bonds is 5. The Morgan fingerprint density at radius 3 is 2.21 bits per heavy atom. The van der Waals surface area contributed by atoms with E-state index < -0.39 is 0 Å². The first-order valence-electron chi connectivity index (χ1n) is 8.98. The van der Waals surface area contributed by atoms with Crippen molar-refractivity contribution in [1.82, 2.24) is 9.78 Å². The van der Waals surface area contributed by atoms with E-state index in [9.17, 15) is 4.79 Å². The average Bonchev–Trinajstić information content (AvgIpc) is 2.76. The third-order valence-corrected chi connectivity index (χ3v) is 4.70. The maximum Gasteiger partial charge on any atom is 0.279 e. The van der Waals surface area contributed by atoms with Gasteiger partial charge in [-0.2, -0.15) is 9.78 Å². The second-order valence-electron chi connectivity index (χ2n) is 6.41. The lowest BCUT2D eigenvalue weighted by Crippen LogP contribution is -2.23. The minimum atomic E-state index is -0.127. The summed E-state index contributed by atoms with van der Waals surface area (Å²) >= 11 is 0. The number of aromatic nitrogens is 2. The number of ether oxygens (including phenoxy) is 2. The average molecular weight is 372 g/mol. The topological polar surface area (TPSA) is 53.4 Å². The molecule has 0 saturated heterocycles. The van der Waals surface area contributed by atoms with Crippen LogP contribution in [0.25, 0.3) is 16.5 Å².